The van der Waals surface area contributed by atoms with Gasteiger partial charge in [-0.15, -0.1) is 0 Å². The standard InChI is InChI=1S/C17H20FNO2/c1-13-5-3-8-16(17(13)18)21-10-9-20-15-7-4-6-14(11-15)12-19-2/h3-8,11,19H,9-10,12H2,1-2H3. The summed E-state index contributed by atoms with van der Waals surface area (Å²) in [5, 5.41) is 3.09. The molecule has 0 aliphatic rings. The number of ether oxygens (including phenoxy) is 2. The fraction of sp³-hybridized carbons (Fsp3) is 0.294. The van der Waals surface area contributed by atoms with Crippen LogP contribution >= 0.6 is 0 Å². The Kier molecular flexibility index (Phi) is 5.58. The van der Waals surface area contributed by atoms with Crippen LogP contribution in [0, 0.1) is 12.7 Å². The minimum Gasteiger partial charge on any atom is -0.490 e. The number of halogens is 1. The highest BCUT2D eigenvalue weighted by atomic mass is 19.1. The lowest BCUT2D eigenvalue weighted by atomic mass is 10.2. The molecule has 0 spiro atoms. The number of nitrogens with one attached hydrogen (secondary N) is 1. The van der Waals surface area contributed by atoms with Crippen LogP contribution in [0.4, 0.5) is 4.39 Å². The van der Waals surface area contributed by atoms with E-state index in [-0.39, 0.29) is 11.6 Å². The van der Waals surface area contributed by atoms with Crippen LogP contribution < -0.4 is 14.8 Å². The first kappa shape index (κ1) is 15.3. The van der Waals surface area contributed by atoms with Gasteiger partial charge in [0.15, 0.2) is 11.6 Å². The van der Waals surface area contributed by atoms with Crippen LogP contribution in [0.25, 0.3) is 0 Å². The maximum Gasteiger partial charge on any atom is 0.167 e. The molecule has 0 atom stereocenters. The molecule has 0 aromatic heterocycles. The van der Waals surface area contributed by atoms with Crippen molar-refractivity contribution in [2.24, 2.45) is 0 Å². The summed E-state index contributed by atoms with van der Waals surface area (Å²) in [6, 6.07) is 13.0. The van der Waals surface area contributed by atoms with E-state index in [4.69, 9.17) is 9.47 Å². The van der Waals surface area contributed by atoms with E-state index in [0.29, 0.717) is 18.8 Å². The monoisotopic (exact) mass is 289 g/mol. The van der Waals surface area contributed by atoms with Crippen LogP contribution in [0.1, 0.15) is 11.1 Å². The van der Waals surface area contributed by atoms with E-state index in [9.17, 15) is 4.39 Å². The van der Waals surface area contributed by atoms with Gasteiger partial charge in [-0.2, -0.15) is 0 Å². The van der Waals surface area contributed by atoms with Gasteiger partial charge in [-0.3, -0.25) is 0 Å². The first-order chi connectivity index (χ1) is 10.2. The second kappa shape index (κ2) is 7.64. The molecule has 0 fully saturated rings. The van der Waals surface area contributed by atoms with Gasteiger partial charge in [0.05, 0.1) is 0 Å². The normalized spacial score (nSPS) is 10.4. The smallest absolute Gasteiger partial charge is 0.167 e. The van der Waals surface area contributed by atoms with E-state index in [1.54, 1.807) is 25.1 Å². The molecule has 0 aliphatic heterocycles. The fourth-order valence-corrected chi connectivity index (χ4v) is 1.99. The van der Waals surface area contributed by atoms with Gasteiger partial charge in [-0.25, -0.2) is 4.39 Å². The second-order valence-electron chi connectivity index (χ2n) is 4.76. The Morgan fingerprint density at radius 1 is 1.05 bits per heavy atom. The van der Waals surface area contributed by atoms with Gasteiger partial charge in [-0.1, -0.05) is 24.3 Å². The predicted octanol–water partition coefficient (Wildman–Crippen LogP) is 3.31. The molecule has 0 saturated heterocycles. The Hall–Kier alpha value is -2.07. The van der Waals surface area contributed by atoms with Crippen molar-refractivity contribution >= 4 is 0 Å². The van der Waals surface area contributed by atoms with Crippen LogP contribution in [-0.2, 0) is 6.54 Å². The third-order valence-corrected chi connectivity index (χ3v) is 3.05. The van der Waals surface area contributed by atoms with Crippen molar-refractivity contribution in [2.45, 2.75) is 13.5 Å². The molecule has 0 amide bonds. The molecule has 0 saturated carbocycles. The van der Waals surface area contributed by atoms with Gasteiger partial charge < -0.3 is 14.8 Å². The Bertz CT molecular complexity index is 587. The lowest BCUT2D eigenvalue weighted by Crippen LogP contribution is -2.10. The molecule has 2 aromatic carbocycles. The molecule has 0 bridgehead atoms. The third kappa shape index (κ3) is 4.46. The average Bonchev–Trinajstić information content (AvgIpc) is 2.48. The van der Waals surface area contributed by atoms with Gasteiger partial charge >= 0.3 is 0 Å². The maximum absolute atomic E-state index is 13.7. The van der Waals surface area contributed by atoms with Crippen molar-refractivity contribution in [3.05, 3.63) is 59.4 Å². The fourth-order valence-electron chi connectivity index (χ4n) is 1.99. The third-order valence-electron chi connectivity index (χ3n) is 3.05. The maximum atomic E-state index is 13.7. The topological polar surface area (TPSA) is 30.5 Å². The minimum atomic E-state index is -0.312. The van der Waals surface area contributed by atoms with Crippen LogP contribution in [0.2, 0.25) is 0 Å². The molecule has 3 nitrogen and oxygen atoms in total. The minimum absolute atomic E-state index is 0.266. The van der Waals surface area contributed by atoms with Gasteiger partial charge in [0.25, 0.3) is 0 Å². The summed E-state index contributed by atoms with van der Waals surface area (Å²) < 4.78 is 24.7. The summed E-state index contributed by atoms with van der Waals surface area (Å²) in [5.41, 5.74) is 1.73. The molecule has 0 heterocycles. The molecule has 21 heavy (non-hydrogen) atoms. The van der Waals surface area contributed by atoms with E-state index in [2.05, 4.69) is 5.32 Å². The van der Waals surface area contributed by atoms with Crippen molar-refractivity contribution in [2.75, 3.05) is 20.3 Å². The highest BCUT2D eigenvalue weighted by Crippen LogP contribution is 2.19. The Labute approximate surface area is 124 Å². The summed E-state index contributed by atoms with van der Waals surface area (Å²) in [5.74, 6) is 0.743. The number of rotatable bonds is 7. The van der Waals surface area contributed by atoms with Gasteiger partial charge in [0.1, 0.15) is 19.0 Å². The van der Waals surface area contributed by atoms with Gasteiger partial charge in [-0.05, 0) is 43.3 Å². The Morgan fingerprint density at radius 2 is 1.81 bits per heavy atom. The van der Waals surface area contributed by atoms with Crippen molar-refractivity contribution in [3.63, 3.8) is 0 Å². The van der Waals surface area contributed by atoms with Crippen molar-refractivity contribution in [3.8, 4) is 11.5 Å². The largest absolute Gasteiger partial charge is 0.490 e. The first-order valence-electron chi connectivity index (χ1n) is 6.95. The Morgan fingerprint density at radius 3 is 2.62 bits per heavy atom. The first-order valence-corrected chi connectivity index (χ1v) is 6.95. The molecule has 112 valence electrons. The lowest BCUT2D eigenvalue weighted by Gasteiger charge is -2.10. The van der Waals surface area contributed by atoms with Crippen LogP contribution in [0.15, 0.2) is 42.5 Å². The second-order valence-corrected chi connectivity index (χ2v) is 4.76. The summed E-state index contributed by atoms with van der Waals surface area (Å²) in [6.45, 7) is 3.18. The lowest BCUT2D eigenvalue weighted by molar-refractivity contribution is 0.211. The SMILES string of the molecule is CNCc1cccc(OCCOc2cccc(C)c2F)c1. The van der Waals surface area contributed by atoms with E-state index in [1.165, 1.54) is 0 Å². The average molecular weight is 289 g/mol. The van der Waals surface area contributed by atoms with E-state index in [0.717, 1.165) is 17.9 Å². The molecule has 2 aromatic rings. The number of hydrogen-bond donors (Lipinski definition) is 1. The number of hydrogen-bond acceptors (Lipinski definition) is 3. The van der Waals surface area contributed by atoms with E-state index >= 15 is 0 Å². The quantitative estimate of drug-likeness (QED) is 0.793. The number of aryl methyl sites for hydroxylation is 1. The van der Waals surface area contributed by atoms with Crippen molar-refractivity contribution in [1.82, 2.24) is 5.32 Å². The molecule has 0 unspecified atom stereocenters. The summed E-state index contributed by atoms with van der Waals surface area (Å²) in [7, 11) is 1.90. The molecule has 1 N–H and O–H groups in total. The summed E-state index contributed by atoms with van der Waals surface area (Å²) in [4.78, 5) is 0. The van der Waals surface area contributed by atoms with Gasteiger partial charge in [0.2, 0.25) is 0 Å². The zero-order valence-electron chi connectivity index (χ0n) is 12.4. The Balaban J connectivity index is 1.82. The highest BCUT2D eigenvalue weighted by molar-refractivity contribution is 5.30. The molecule has 4 heteroatoms. The van der Waals surface area contributed by atoms with Crippen LogP contribution in [0.3, 0.4) is 0 Å². The molecular formula is C17H20FNO2. The summed E-state index contributed by atoms with van der Waals surface area (Å²) in [6.07, 6.45) is 0. The summed E-state index contributed by atoms with van der Waals surface area (Å²) >= 11 is 0. The molecule has 2 rings (SSSR count). The van der Waals surface area contributed by atoms with Crippen LogP contribution in [-0.4, -0.2) is 20.3 Å². The molecule has 0 radical (unpaired) electrons. The van der Waals surface area contributed by atoms with Crippen molar-refractivity contribution in [1.29, 1.82) is 0 Å². The zero-order valence-corrected chi connectivity index (χ0v) is 12.4. The molecule has 0 aliphatic carbocycles. The highest BCUT2D eigenvalue weighted by Gasteiger charge is 2.05. The number of benzene rings is 2. The molecular weight excluding hydrogens is 269 g/mol. The zero-order chi connectivity index (χ0) is 15.1. The van der Waals surface area contributed by atoms with Gasteiger partial charge in [0, 0.05) is 6.54 Å². The van der Waals surface area contributed by atoms with Crippen molar-refractivity contribution < 1.29 is 13.9 Å². The predicted molar refractivity (Wildman–Crippen MR) is 81.3 cm³/mol. The van der Waals surface area contributed by atoms with Crippen LogP contribution in [0.5, 0.6) is 11.5 Å². The van der Waals surface area contributed by atoms with E-state index < -0.39 is 0 Å². The van der Waals surface area contributed by atoms with E-state index in [1.807, 2.05) is 31.3 Å².